The SMILES string of the molecule is N#Cc1cc2c3c(c1[Si](c1ccccc1)(c1ccccc1)c1ccccc1)Oc1ccccc1B3c1ccccc1O2. The van der Waals surface area contributed by atoms with Gasteiger partial charge in [-0.1, -0.05) is 127 Å². The van der Waals surface area contributed by atoms with Gasteiger partial charge in [-0.2, -0.15) is 5.26 Å². The van der Waals surface area contributed by atoms with Crippen molar-refractivity contribution in [2.24, 2.45) is 0 Å². The molecule has 0 unspecified atom stereocenters. The first-order valence-corrected chi connectivity index (χ1v) is 16.1. The standard InChI is InChI=1S/C37H24BNO2Si/c39-25-26-24-34-35-36(41-33-23-13-11-21-31(33)38(35)30-20-10-12-22-32(30)40-34)37(26)42(27-14-4-1-5-15-27,28-16-6-2-7-17-28)29-18-8-3-9-19-29/h1-24H. The first-order chi connectivity index (χ1) is 20.8. The Hall–Kier alpha value is -5.31. The fraction of sp³-hybridized carbons (Fsp3) is 0. The minimum Gasteiger partial charge on any atom is -0.458 e. The lowest BCUT2D eigenvalue weighted by atomic mass is 9.35. The smallest absolute Gasteiger partial charge is 0.260 e. The molecule has 42 heavy (non-hydrogen) atoms. The van der Waals surface area contributed by atoms with Crippen LogP contribution >= 0.6 is 0 Å². The van der Waals surface area contributed by atoms with Crippen molar-refractivity contribution in [3.63, 3.8) is 0 Å². The van der Waals surface area contributed by atoms with E-state index in [0.29, 0.717) is 11.3 Å². The van der Waals surface area contributed by atoms with Crippen molar-refractivity contribution in [1.29, 1.82) is 5.26 Å². The second kappa shape index (κ2) is 9.66. The molecule has 2 aliphatic heterocycles. The van der Waals surface area contributed by atoms with Gasteiger partial charge in [0.2, 0.25) is 0 Å². The average Bonchev–Trinajstić information content (AvgIpc) is 3.07. The molecule has 0 saturated heterocycles. The molecule has 6 aromatic carbocycles. The lowest BCUT2D eigenvalue weighted by Crippen LogP contribution is -2.76. The van der Waals surface area contributed by atoms with Crippen molar-refractivity contribution < 1.29 is 9.47 Å². The summed E-state index contributed by atoms with van der Waals surface area (Å²) in [7, 11) is -3.10. The molecule has 0 N–H and O–H groups in total. The molecule has 2 heterocycles. The molecule has 0 aromatic heterocycles. The Morgan fingerprint density at radius 3 is 1.48 bits per heavy atom. The average molecular weight is 554 g/mol. The van der Waals surface area contributed by atoms with Gasteiger partial charge in [-0.05, 0) is 44.7 Å². The van der Waals surface area contributed by atoms with Crippen LogP contribution in [0, 0.1) is 11.3 Å². The van der Waals surface area contributed by atoms with Gasteiger partial charge in [0.25, 0.3) is 6.71 Å². The van der Waals surface area contributed by atoms with Gasteiger partial charge < -0.3 is 9.47 Å². The highest BCUT2D eigenvalue weighted by Gasteiger charge is 2.50. The fourth-order valence-corrected chi connectivity index (χ4v) is 11.9. The van der Waals surface area contributed by atoms with E-state index in [1.807, 2.05) is 48.5 Å². The number of ether oxygens (including phenoxy) is 2. The van der Waals surface area contributed by atoms with Crippen LogP contribution in [0.1, 0.15) is 5.56 Å². The molecule has 0 radical (unpaired) electrons. The summed E-state index contributed by atoms with van der Waals surface area (Å²) in [6, 6.07) is 53.0. The molecule has 0 amide bonds. The van der Waals surface area contributed by atoms with Crippen molar-refractivity contribution in [3.8, 4) is 29.1 Å². The number of benzene rings is 6. The van der Waals surface area contributed by atoms with Crippen LogP contribution in [-0.2, 0) is 0 Å². The van der Waals surface area contributed by atoms with E-state index in [1.54, 1.807) is 0 Å². The second-order valence-corrected chi connectivity index (χ2v) is 14.4. The molecule has 0 fully saturated rings. The van der Waals surface area contributed by atoms with Crippen molar-refractivity contribution in [3.05, 3.63) is 151 Å². The van der Waals surface area contributed by atoms with Crippen LogP contribution in [0.4, 0.5) is 0 Å². The van der Waals surface area contributed by atoms with Gasteiger partial charge >= 0.3 is 0 Å². The van der Waals surface area contributed by atoms with Gasteiger partial charge in [0.15, 0.2) is 8.07 Å². The van der Waals surface area contributed by atoms with Gasteiger partial charge in [-0.15, -0.1) is 0 Å². The minimum absolute atomic E-state index is 0.0783. The Morgan fingerprint density at radius 2 is 0.976 bits per heavy atom. The second-order valence-electron chi connectivity index (χ2n) is 10.7. The molecule has 0 aliphatic carbocycles. The molecule has 0 spiro atoms. The number of hydrogen-bond donors (Lipinski definition) is 0. The quantitative estimate of drug-likeness (QED) is 0.247. The summed E-state index contributed by atoms with van der Waals surface area (Å²) in [5.74, 6) is 3.05. The largest absolute Gasteiger partial charge is 0.458 e. The summed E-state index contributed by atoms with van der Waals surface area (Å²) < 4.78 is 13.5. The molecule has 8 rings (SSSR count). The van der Waals surface area contributed by atoms with Gasteiger partial charge in [0.05, 0.1) is 11.6 Å². The van der Waals surface area contributed by atoms with Gasteiger partial charge in [0, 0.05) is 10.6 Å². The van der Waals surface area contributed by atoms with Crippen LogP contribution in [-0.4, -0.2) is 14.8 Å². The van der Waals surface area contributed by atoms with E-state index in [0.717, 1.165) is 38.8 Å². The van der Waals surface area contributed by atoms with Gasteiger partial charge in [-0.3, -0.25) is 0 Å². The molecule has 6 aromatic rings. The van der Waals surface area contributed by atoms with E-state index in [4.69, 9.17) is 9.47 Å². The normalized spacial score (nSPS) is 12.6. The predicted molar refractivity (Wildman–Crippen MR) is 172 cm³/mol. The highest BCUT2D eigenvalue weighted by molar-refractivity contribution is 7.20. The molecule has 3 nitrogen and oxygen atoms in total. The number of nitrogens with zero attached hydrogens (tertiary/aromatic N) is 1. The molecular weight excluding hydrogens is 529 g/mol. The van der Waals surface area contributed by atoms with Crippen molar-refractivity contribution in [2.45, 2.75) is 0 Å². The Kier molecular flexibility index (Phi) is 5.63. The van der Waals surface area contributed by atoms with Crippen LogP contribution in [0.5, 0.6) is 23.0 Å². The van der Waals surface area contributed by atoms with E-state index in [9.17, 15) is 5.26 Å². The van der Waals surface area contributed by atoms with Crippen LogP contribution in [0.25, 0.3) is 0 Å². The van der Waals surface area contributed by atoms with Gasteiger partial charge in [-0.25, -0.2) is 0 Å². The van der Waals surface area contributed by atoms with Crippen molar-refractivity contribution >= 4 is 51.9 Å². The van der Waals surface area contributed by atoms with Crippen molar-refractivity contribution in [1.82, 2.24) is 0 Å². The first-order valence-electron chi connectivity index (χ1n) is 14.1. The molecule has 0 saturated carbocycles. The highest BCUT2D eigenvalue weighted by atomic mass is 28.3. The molecular formula is C37H24BNO2Si. The summed E-state index contributed by atoms with van der Waals surface area (Å²) in [6.07, 6.45) is 0. The zero-order chi connectivity index (χ0) is 28.1. The van der Waals surface area contributed by atoms with Gasteiger partial charge in [0.1, 0.15) is 23.0 Å². The predicted octanol–water partition coefficient (Wildman–Crippen LogP) is 3.66. The minimum atomic E-state index is -3.10. The van der Waals surface area contributed by atoms with E-state index in [1.165, 1.54) is 15.6 Å². The van der Waals surface area contributed by atoms with E-state index < -0.39 is 8.07 Å². The maximum absolute atomic E-state index is 10.9. The lowest BCUT2D eigenvalue weighted by molar-refractivity contribution is 0.466. The highest BCUT2D eigenvalue weighted by Crippen LogP contribution is 2.35. The Labute approximate surface area is 246 Å². The Bertz CT molecular complexity index is 1900. The molecule has 196 valence electrons. The van der Waals surface area contributed by atoms with Crippen LogP contribution < -0.4 is 46.6 Å². The van der Waals surface area contributed by atoms with Crippen LogP contribution in [0.3, 0.4) is 0 Å². The topological polar surface area (TPSA) is 42.2 Å². The molecule has 2 aliphatic rings. The monoisotopic (exact) mass is 553 g/mol. The number of fused-ring (bicyclic) bond motifs is 4. The number of rotatable bonds is 4. The van der Waals surface area contributed by atoms with E-state index in [-0.39, 0.29) is 6.71 Å². The summed E-state index contributed by atoms with van der Waals surface area (Å²) in [5, 5.41) is 15.4. The Balaban J connectivity index is 1.57. The third-order valence-electron chi connectivity index (χ3n) is 8.58. The maximum atomic E-state index is 10.9. The van der Waals surface area contributed by atoms with Crippen molar-refractivity contribution in [2.75, 3.05) is 0 Å². The number of hydrogen-bond acceptors (Lipinski definition) is 3. The lowest BCUT2D eigenvalue weighted by Gasteiger charge is -2.40. The fourth-order valence-electron chi connectivity index (χ4n) is 6.90. The molecule has 5 heteroatoms. The maximum Gasteiger partial charge on any atom is 0.260 e. The van der Waals surface area contributed by atoms with Crippen LogP contribution in [0.2, 0.25) is 0 Å². The molecule has 0 bridgehead atoms. The number of nitriles is 1. The summed E-state index contributed by atoms with van der Waals surface area (Å²) >= 11 is 0. The third-order valence-corrected chi connectivity index (χ3v) is 13.4. The van der Waals surface area contributed by atoms with E-state index in [2.05, 4.69) is 103 Å². The van der Waals surface area contributed by atoms with E-state index >= 15 is 0 Å². The first kappa shape index (κ1) is 24.5. The molecule has 0 atom stereocenters. The van der Waals surface area contributed by atoms with Crippen LogP contribution in [0.15, 0.2) is 146 Å². The third kappa shape index (κ3) is 3.46. The zero-order valence-electron chi connectivity index (χ0n) is 22.7. The summed E-state index contributed by atoms with van der Waals surface area (Å²) in [4.78, 5) is 0. The zero-order valence-corrected chi connectivity index (χ0v) is 23.7. The summed E-state index contributed by atoms with van der Waals surface area (Å²) in [6.45, 7) is -0.0783. The Morgan fingerprint density at radius 1 is 0.524 bits per heavy atom. The number of para-hydroxylation sites is 2. The summed E-state index contributed by atoms with van der Waals surface area (Å²) in [5.41, 5.74) is 3.76.